The smallest absolute Gasteiger partial charge is 0.261 e. The molecule has 1 unspecified atom stereocenters. The SMILES string of the molecule is Cc1ncccc1C(c1cccnc1)c1cc2c(=O)n([C@H]3COCC[C@@H]3O)cnc2c2ccccc12. The van der Waals surface area contributed by atoms with Crippen molar-refractivity contribution >= 4 is 21.7 Å². The molecular weight excluding hydrogens is 452 g/mol. The number of aliphatic hydroxyl groups excluding tert-OH is 1. The Labute approximate surface area is 208 Å². The van der Waals surface area contributed by atoms with Crippen molar-refractivity contribution in [3.8, 4) is 0 Å². The Balaban J connectivity index is 1.67. The number of hydrogen-bond acceptors (Lipinski definition) is 6. The van der Waals surface area contributed by atoms with Gasteiger partial charge in [-0.15, -0.1) is 0 Å². The van der Waals surface area contributed by atoms with Crippen LogP contribution in [0.4, 0.5) is 0 Å². The van der Waals surface area contributed by atoms with Gasteiger partial charge in [0.2, 0.25) is 0 Å². The van der Waals surface area contributed by atoms with Crippen LogP contribution in [0.25, 0.3) is 21.7 Å². The minimum absolute atomic E-state index is 0.182. The topological polar surface area (TPSA) is 90.1 Å². The predicted octanol–water partition coefficient (Wildman–Crippen LogP) is 4.15. The number of benzene rings is 2. The fourth-order valence-corrected chi connectivity index (χ4v) is 5.33. The second-order valence-electron chi connectivity index (χ2n) is 9.26. The molecule has 3 aromatic heterocycles. The number of ether oxygens (including phenoxy) is 1. The second-order valence-corrected chi connectivity index (χ2v) is 9.26. The normalized spacial score (nSPS) is 18.9. The first-order chi connectivity index (χ1) is 17.6. The third-order valence-electron chi connectivity index (χ3n) is 7.16. The van der Waals surface area contributed by atoms with Crippen LogP contribution in [0.2, 0.25) is 0 Å². The van der Waals surface area contributed by atoms with Crippen LogP contribution < -0.4 is 5.56 Å². The third kappa shape index (κ3) is 3.77. The zero-order valence-electron chi connectivity index (χ0n) is 19.9. The standard InChI is InChI=1S/C29H26N4O3/c1-18-20(9-5-12-31-18)27(19-6-4-11-30-15-19)23-14-24-28(22-8-3-2-7-21(22)23)32-17-33(29(24)35)25-16-36-13-10-26(25)34/h2-9,11-12,14-15,17,25-27,34H,10,13,16H2,1H3/t25-,26-,27?/m0/s1. The van der Waals surface area contributed by atoms with E-state index < -0.39 is 12.1 Å². The van der Waals surface area contributed by atoms with Crippen LogP contribution in [-0.4, -0.2) is 43.9 Å². The Hall–Kier alpha value is -3.94. The summed E-state index contributed by atoms with van der Waals surface area (Å²) in [7, 11) is 0. The van der Waals surface area contributed by atoms with E-state index in [4.69, 9.17) is 9.72 Å². The Bertz CT molecular complexity index is 1620. The third-order valence-corrected chi connectivity index (χ3v) is 7.16. The molecule has 1 N–H and O–H groups in total. The molecule has 3 atom stereocenters. The lowest BCUT2D eigenvalue weighted by Gasteiger charge is -2.29. The summed E-state index contributed by atoms with van der Waals surface area (Å²) in [6, 6.07) is 17.5. The summed E-state index contributed by atoms with van der Waals surface area (Å²) >= 11 is 0. The van der Waals surface area contributed by atoms with Crippen molar-refractivity contribution in [2.75, 3.05) is 13.2 Å². The van der Waals surface area contributed by atoms with Crippen LogP contribution in [0.15, 0.2) is 84.3 Å². The van der Waals surface area contributed by atoms with Crippen LogP contribution in [0, 0.1) is 6.92 Å². The highest BCUT2D eigenvalue weighted by molar-refractivity contribution is 6.07. The summed E-state index contributed by atoms with van der Waals surface area (Å²) in [5.74, 6) is -0.182. The van der Waals surface area contributed by atoms with Crippen LogP contribution in [0.1, 0.15) is 40.8 Å². The lowest BCUT2D eigenvalue weighted by molar-refractivity contribution is -0.0303. The maximum absolute atomic E-state index is 13.9. The van der Waals surface area contributed by atoms with E-state index in [1.165, 1.54) is 4.57 Å². The molecule has 0 saturated carbocycles. The van der Waals surface area contributed by atoms with E-state index in [0.717, 1.165) is 33.2 Å². The molecule has 0 amide bonds. The van der Waals surface area contributed by atoms with Crippen LogP contribution in [0.3, 0.4) is 0 Å². The summed E-state index contributed by atoms with van der Waals surface area (Å²) in [6.45, 7) is 2.77. The monoisotopic (exact) mass is 478 g/mol. The van der Waals surface area contributed by atoms with Gasteiger partial charge in [0.05, 0.1) is 36.0 Å². The second kappa shape index (κ2) is 9.26. The van der Waals surface area contributed by atoms with Gasteiger partial charge in [0.1, 0.15) is 0 Å². The lowest BCUT2D eigenvalue weighted by Crippen LogP contribution is -2.39. The molecule has 0 radical (unpaired) electrons. The fraction of sp³-hybridized carbons (Fsp3) is 0.241. The quantitative estimate of drug-likeness (QED) is 0.390. The number of aliphatic hydroxyl groups is 1. The van der Waals surface area contributed by atoms with Crippen molar-refractivity contribution in [2.45, 2.75) is 31.4 Å². The van der Waals surface area contributed by atoms with Gasteiger partial charge in [-0.25, -0.2) is 4.98 Å². The van der Waals surface area contributed by atoms with Gasteiger partial charge in [0, 0.05) is 42.2 Å². The van der Waals surface area contributed by atoms with Gasteiger partial charge in [-0.3, -0.25) is 19.3 Å². The van der Waals surface area contributed by atoms with Gasteiger partial charge >= 0.3 is 0 Å². The van der Waals surface area contributed by atoms with Crippen molar-refractivity contribution in [1.82, 2.24) is 19.5 Å². The van der Waals surface area contributed by atoms with Gasteiger partial charge in [0.25, 0.3) is 5.56 Å². The highest BCUT2D eigenvalue weighted by Gasteiger charge is 2.28. The molecule has 180 valence electrons. The molecule has 0 aliphatic carbocycles. The average molecular weight is 479 g/mol. The summed E-state index contributed by atoms with van der Waals surface area (Å²) < 4.78 is 7.10. The van der Waals surface area contributed by atoms with E-state index in [9.17, 15) is 9.90 Å². The molecule has 5 aromatic rings. The molecule has 6 rings (SSSR count). The maximum atomic E-state index is 13.9. The van der Waals surface area contributed by atoms with Crippen molar-refractivity contribution < 1.29 is 9.84 Å². The first-order valence-electron chi connectivity index (χ1n) is 12.1. The predicted molar refractivity (Wildman–Crippen MR) is 138 cm³/mol. The summed E-state index contributed by atoms with van der Waals surface area (Å²) in [4.78, 5) is 27.5. The fourth-order valence-electron chi connectivity index (χ4n) is 5.33. The summed E-state index contributed by atoms with van der Waals surface area (Å²) in [5.41, 5.74) is 4.43. The van der Waals surface area contributed by atoms with E-state index in [0.29, 0.717) is 23.9 Å². The maximum Gasteiger partial charge on any atom is 0.261 e. The number of aromatic nitrogens is 4. The molecule has 1 aliphatic rings. The zero-order chi connectivity index (χ0) is 24.6. The lowest BCUT2D eigenvalue weighted by atomic mass is 9.82. The van der Waals surface area contributed by atoms with Gasteiger partial charge in [-0.2, -0.15) is 0 Å². The van der Waals surface area contributed by atoms with E-state index in [1.54, 1.807) is 18.7 Å². The van der Waals surface area contributed by atoms with Crippen LogP contribution in [0.5, 0.6) is 0 Å². The highest BCUT2D eigenvalue weighted by Crippen LogP contribution is 2.39. The van der Waals surface area contributed by atoms with Gasteiger partial charge in [-0.1, -0.05) is 36.4 Å². The van der Waals surface area contributed by atoms with Gasteiger partial charge in [-0.05, 0) is 53.6 Å². The molecule has 1 fully saturated rings. The number of nitrogens with zero attached hydrogens (tertiary/aromatic N) is 4. The first-order valence-corrected chi connectivity index (χ1v) is 12.1. The average Bonchev–Trinajstić information content (AvgIpc) is 2.92. The van der Waals surface area contributed by atoms with Crippen molar-refractivity contribution in [3.05, 3.63) is 112 Å². The molecule has 7 heteroatoms. The van der Waals surface area contributed by atoms with Gasteiger partial charge < -0.3 is 9.84 Å². The zero-order valence-corrected chi connectivity index (χ0v) is 19.9. The van der Waals surface area contributed by atoms with E-state index in [1.807, 2.05) is 49.5 Å². The van der Waals surface area contributed by atoms with E-state index in [2.05, 4.69) is 28.2 Å². The Morgan fingerprint density at radius 3 is 2.61 bits per heavy atom. The molecule has 4 heterocycles. The molecule has 36 heavy (non-hydrogen) atoms. The first kappa shape index (κ1) is 22.5. The number of fused-ring (bicyclic) bond motifs is 3. The molecule has 0 spiro atoms. The van der Waals surface area contributed by atoms with Gasteiger partial charge in [0.15, 0.2) is 0 Å². The molecular formula is C29H26N4O3. The van der Waals surface area contributed by atoms with E-state index >= 15 is 0 Å². The van der Waals surface area contributed by atoms with E-state index in [-0.39, 0.29) is 18.1 Å². The molecule has 0 bridgehead atoms. The number of hydrogen-bond donors (Lipinski definition) is 1. The van der Waals surface area contributed by atoms with Crippen molar-refractivity contribution in [1.29, 1.82) is 0 Å². The number of pyridine rings is 2. The Kier molecular flexibility index (Phi) is 5.79. The largest absolute Gasteiger partial charge is 0.391 e. The Morgan fingerprint density at radius 2 is 1.83 bits per heavy atom. The molecule has 7 nitrogen and oxygen atoms in total. The minimum Gasteiger partial charge on any atom is -0.391 e. The molecule has 1 aliphatic heterocycles. The summed E-state index contributed by atoms with van der Waals surface area (Å²) in [6.07, 6.45) is 6.79. The Morgan fingerprint density at radius 1 is 1.00 bits per heavy atom. The molecule has 2 aromatic carbocycles. The highest BCUT2D eigenvalue weighted by atomic mass is 16.5. The number of rotatable bonds is 4. The van der Waals surface area contributed by atoms with Crippen molar-refractivity contribution in [3.63, 3.8) is 0 Å². The van der Waals surface area contributed by atoms with Crippen LogP contribution >= 0.6 is 0 Å². The minimum atomic E-state index is -0.656. The van der Waals surface area contributed by atoms with Crippen molar-refractivity contribution in [2.24, 2.45) is 0 Å². The molecule has 1 saturated heterocycles. The summed E-state index contributed by atoms with van der Waals surface area (Å²) in [5, 5.41) is 13.0. The van der Waals surface area contributed by atoms with Crippen LogP contribution in [-0.2, 0) is 4.74 Å². The number of aryl methyl sites for hydroxylation is 1.